The van der Waals surface area contributed by atoms with Gasteiger partial charge < -0.3 is 13.9 Å². The molecule has 1 atom stereocenters. The van der Waals surface area contributed by atoms with E-state index in [1.807, 2.05) is 55.6 Å². The molecule has 0 fully saturated rings. The van der Waals surface area contributed by atoms with Crippen molar-refractivity contribution >= 4 is 27.3 Å². The van der Waals surface area contributed by atoms with Gasteiger partial charge in [0.05, 0.1) is 24.4 Å². The molecule has 0 aliphatic rings. The molecule has 0 aliphatic heterocycles. The van der Waals surface area contributed by atoms with Gasteiger partial charge in [-0.25, -0.2) is 13.9 Å². The minimum atomic E-state index is -1.14. The largest absolute Gasteiger partial charge is 0.496 e. The molecule has 9 heteroatoms. The highest BCUT2D eigenvalue weighted by molar-refractivity contribution is 7.16. The van der Waals surface area contributed by atoms with Crippen LogP contribution in [0.4, 0.5) is 4.39 Å². The van der Waals surface area contributed by atoms with Crippen LogP contribution >= 0.6 is 11.3 Å². The number of hydrogen-bond donors (Lipinski definition) is 0. The Bertz CT molecular complexity index is 1690. The van der Waals surface area contributed by atoms with Crippen LogP contribution in [0.2, 0.25) is 0 Å². The SMILES string of the molecule is COc1cc(OCc2cccc(-c3ccc(C)cn3)c2)c2cc(-c3cn4nc([C@H](C)F)sc4n3)oc2c1. The van der Waals surface area contributed by atoms with Gasteiger partial charge in [-0.05, 0) is 43.2 Å². The summed E-state index contributed by atoms with van der Waals surface area (Å²) in [6.45, 7) is 3.84. The Morgan fingerprint density at radius 3 is 2.76 bits per heavy atom. The van der Waals surface area contributed by atoms with Gasteiger partial charge in [0.25, 0.3) is 0 Å². The van der Waals surface area contributed by atoms with E-state index in [9.17, 15) is 4.39 Å². The van der Waals surface area contributed by atoms with Crippen molar-refractivity contribution in [3.8, 4) is 34.2 Å². The van der Waals surface area contributed by atoms with Gasteiger partial charge in [0.15, 0.2) is 16.9 Å². The molecule has 0 aliphatic carbocycles. The van der Waals surface area contributed by atoms with Gasteiger partial charge in [-0.15, -0.1) is 0 Å². The predicted molar refractivity (Wildman–Crippen MR) is 141 cm³/mol. The average Bonchev–Trinajstić information content (AvgIpc) is 3.61. The minimum Gasteiger partial charge on any atom is -0.496 e. The van der Waals surface area contributed by atoms with Gasteiger partial charge in [0.1, 0.15) is 29.4 Å². The molecular formula is C28H23FN4O3S. The Kier molecular flexibility index (Phi) is 5.84. The maximum atomic E-state index is 13.6. The number of aromatic nitrogens is 4. The van der Waals surface area contributed by atoms with E-state index >= 15 is 0 Å². The molecule has 0 unspecified atom stereocenters. The second-order valence-electron chi connectivity index (χ2n) is 8.77. The third-order valence-corrected chi connectivity index (χ3v) is 7.07. The second-order valence-corrected chi connectivity index (χ2v) is 9.75. The molecule has 37 heavy (non-hydrogen) atoms. The summed E-state index contributed by atoms with van der Waals surface area (Å²) >= 11 is 1.22. The fourth-order valence-corrected chi connectivity index (χ4v) is 4.87. The zero-order chi connectivity index (χ0) is 25.5. The monoisotopic (exact) mass is 514 g/mol. The van der Waals surface area contributed by atoms with Crippen LogP contribution < -0.4 is 9.47 Å². The number of hydrogen-bond acceptors (Lipinski definition) is 7. The molecule has 186 valence electrons. The number of furan rings is 1. The summed E-state index contributed by atoms with van der Waals surface area (Å²) in [6, 6.07) is 17.7. The van der Waals surface area contributed by atoms with Crippen LogP contribution in [0.5, 0.6) is 11.5 Å². The second kappa shape index (κ2) is 9.33. The Balaban J connectivity index is 1.30. The van der Waals surface area contributed by atoms with E-state index < -0.39 is 6.17 Å². The van der Waals surface area contributed by atoms with E-state index in [4.69, 9.17) is 13.9 Å². The molecule has 0 spiro atoms. The number of ether oxygens (including phenoxy) is 2. The van der Waals surface area contributed by atoms with Crippen LogP contribution in [-0.4, -0.2) is 26.7 Å². The Labute approximate surface area is 216 Å². The summed E-state index contributed by atoms with van der Waals surface area (Å²) in [5.74, 6) is 1.82. The minimum absolute atomic E-state index is 0.358. The summed E-state index contributed by atoms with van der Waals surface area (Å²) in [7, 11) is 1.60. The maximum absolute atomic E-state index is 13.6. The summed E-state index contributed by atoms with van der Waals surface area (Å²) in [5.41, 5.74) is 5.30. The smallest absolute Gasteiger partial charge is 0.212 e. The van der Waals surface area contributed by atoms with E-state index in [2.05, 4.69) is 27.2 Å². The molecule has 0 N–H and O–H groups in total. The molecular weight excluding hydrogens is 491 g/mol. The Hall–Kier alpha value is -4.24. The quantitative estimate of drug-likeness (QED) is 0.224. The molecule has 0 saturated carbocycles. The lowest BCUT2D eigenvalue weighted by molar-refractivity contribution is 0.307. The number of rotatable bonds is 7. The average molecular weight is 515 g/mol. The van der Waals surface area contributed by atoms with Crippen molar-refractivity contribution in [1.82, 2.24) is 19.6 Å². The number of alkyl halides is 1. The van der Waals surface area contributed by atoms with Gasteiger partial charge in [0.2, 0.25) is 4.96 Å². The van der Waals surface area contributed by atoms with Crippen LogP contribution in [0.1, 0.15) is 29.2 Å². The van der Waals surface area contributed by atoms with E-state index in [0.29, 0.717) is 45.1 Å². The number of pyridine rings is 1. The molecule has 4 heterocycles. The molecule has 0 saturated heterocycles. The normalized spacial score (nSPS) is 12.3. The third kappa shape index (κ3) is 4.53. The van der Waals surface area contributed by atoms with Gasteiger partial charge in [0, 0.05) is 23.9 Å². The highest BCUT2D eigenvalue weighted by Gasteiger charge is 2.18. The van der Waals surface area contributed by atoms with Crippen LogP contribution in [-0.2, 0) is 6.61 Å². The van der Waals surface area contributed by atoms with Crippen molar-refractivity contribution in [2.24, 2.45) is 0 Å². The van der Waals surface area contributed by atoms with Crippen LogP contribution in [0.3, 0.4) is 0 Å². The topological polar surface area (TPSA) is 74.7 Å². The number of methoxy groups -OCH3 is 1. The Morgan fingerprint density at radius 1 is 1.11 bits per heavy atom. The molecule has 4 aromatic heterocycles. The first-order valence-electron chi connectivity index (χ1n) is 11.7. The summed E-state index contributed by atoms with van der Waals surface area (Å²) in [6.07, 6.45) is 2.46. The molecule has 7 nitrogen and oxygen atoms in total. The highest BCUT2D eigenvalue weighted by Crippen LogP contribution is 2.37. The van der Waals surface area contributed by atoms with E-state index in [-0.39, 0.29) is 0 Å². The zero-order valence-electron chi connectivity index (χ0n) is 20.4. The molecule has 6 rings (SSSR count). The van der Waals surface area contributed by atoms with Crippen LogP contribution in [0.15, 0.2) is 71.4 Å². The fraction of sp³-hybridized carbons (Fsp3) is 0.179. The van der Waals surface area contributed by atoms with Crippen LogP contribution in [0, 0.1) is 6.92 Å². The fourth-order valence-electron chi connectivity index (χ4n) is 4.06. The standard InChI is InChI=1S/C28H23FN4O3S/c1-16-7-8-22(30-13-16)19-6-4-5-18(9-19)15-35-24-10-20(34-3)11-25-21(24)12-26(36-25)23-14-33-28(31-23)37-27(32-33)17(2)29/h4-14,17H,15H2,1-3H3/t17-/m0/s1. The number of halogens is 1. The van der Waals surface area contributed by atoms with Gasteiger partial charge >= 0.3 is 0 Å². The van der Waals surface area contributed by atoms with Gasteiger partial charge in [-0.2, -0.15) is 5.10 Å². The van der Waals surface area contributed by atoms with Crippen molar-refractivity contribution in [3.63, 3.8) is 0 Å². The summed E-state index contributed by atoms with van der Waals surface area (Å²) in [5, 5.41) is 5.45. The van der Waals surface area contributed by atoms with Crippen molar-refractivity contribution in [3.05, 3.63) is 83.1 Å². The number of benzene rings is 2. The molecule has 6 aromatic rings. The van der Waals surface area contributed by atoms with Gasteiger partial charge in [-0.1, -0.05) is 35.6 Å². The van der Waals surface area contributed by atoms with Crippen LogP contribution in [0.25, 0.3) is 38.6 Å². The van der Waals surface area contributed by atoms with E-state index in [1.54, 1.807) is 17.8 Å². The molecule has 2 aromatic carbocycles. The lowest BCUT2D eigenvalue weighted by Gasteiger charge is -2.10. The first-order valence-corrected chi connectivity index (χ1v) is 12.6. The number of nitrogens with zero attached hydrogens (tertiary/aromatic N) is 4. The summed E-state index contributed by atoms with van der Waals surface area (Å²) in [4.78, 5) is 9.70. The van der Waals surface area contributed by atoms with Crippen molar-refractivity contribution in [2.45, 2.75) is 26.6 Å². The van der Waals surface area contributed by atoms with Crippen molar-refractivity contribution in [2.75, 3.05) is 7.11 Å². The lowest BCUT2D eigenvalue weighted by Crippen LogP contribution is -1.97. The predicted octanol–water partition coefficient (Wildman–Crippen LogP) is 7.19. The lowest BCUT2D eigenvalue weighted by atomic mass is 10.1. The number of fused-ring (bicyclic) bond motifs is 2. The van der Waals surface area contributed by atoms with Crippen molar-refractivity contribution in [1.29, 1.82) is 0 Å². The maximum Gasteiger partial charge on any atom is 0.212 e. The Morgan fingerprint density at radius 2 is 2.00 bits per heavy atom. The van der Waals surface area contributed by atoms with Crippen molar-refractivity contribution < 1.29 is 18.3 Å². The van der Waals surface area contributed by atoms with E-state index in [0.717, 1.165) is 27.8 Å². The highest BCUT2D eigenvalue weighted by atomic mass is 32.1. The number of aryl methyl sites for hydroxylation is 1. The van der Waals surface area contributed by atoms with E-state index in [1.165, 1.54) is 18.3 Å². The molecule has 0 radical (unpaired) electrons. The first-order chi connectivity index (χ1) is 18.0. The summed E-state index contributed by atoms with van der Waals surface area (Å²) < 4.78 is 33.0. The number of imidazole rings is 1. The third-order valence-electron chi connectivity index (χ3n) is 5.99. The first kappa shape index (κ1) is 23.2. The zero-order valence-corrected chi connectivity index (χ0v) is 21.3. The molecule has 0 bridgehead atoms. The van der Waals surface area contributed by atoms with Gasteiger partial charge in [-0.3, -0.25) is 4.98 Å². The molecule has 0 amide bonds.